The van der Waals surface area contributed by atoms with Crippen molar-refractivity contribution in [3.05, 3.63) is 59.1 Å². The molecule has 0 saturated heterocycles. The molecule has 0 aliphatic heterocycles. The highest BCUT2D eigenvalue weighted by Crippen LogP contribution is 2.27. The van der Waals surface area contributed by atoms with Gasteiger partial charge in [0, 0.05) is 13.1 Å². The van der Waals surface area contributed by atoms with E-state index in [1.54, 1.807) is 18.2 Å². The second-order valence-electron chi connectivity index (χ2n) is 5.38. The van der Waals surface area contributed by atoms with Crippen molar-refractivity contribution in [2.75, 3.05) is 6.54 Å². The molecule has 1 atom stereocenters. The Hall–Kier alpha value is -2.57. The van der Waals surface area contributed by atoms with Crippen LogP contribution in [-0.4, -0.2) is 33.7 Å². The number of benzene rings is 2. The number of amides is 1. The lowest BCUT2D eigenvalue weighted by atomic mass is 10.2. The normalized spacial score (nSPS) is 12.1. The van der Waals surface area contributed by atoms with Crippen molar-refractivity contribution in [1.29, 1.82) is 0 Å². The van der Waals surface area contributed by atoms with Gasteiger partial charge in [-0.2, -0.15) is 4.98 Å². The lowest BCUT2D eigenvalue weighted by Gasteiger charge is -2.23. The van der Waals surface area contributed by atoms with Crippen molar-refractivity contribution in [1.82, 2.24) is 9.88 Å². The van der Waals surface area contributed by atoms with Crippen molar-refractivity contribution in [3.63, 3.8) is 0 Å². The molecule has 130 valence electrons. The highest BCUT2D eigenvalue weighted by Gasteiger charge is 2.25. The number of oxazole rings is 1. The van der Waals surface area contributed by atoms with Gasteiger partial charge >= 0.3 is 6.08 Å². The molecule has 0 bridgehead atoms. The number of para-hydroxylation sites is 1. The van der Waals surface area contributed by atoms with E-state index in [2.05, 4.69) is 4.98 Å². The third kappa shape index (κ3) is 3.92. The molecule has 2 aromatic carbocycles. The van der Waals surface area contributed by atoms with E-state index < -0.39 is 12.2 Å². The number of fused-ring (bicyclic) bond motifs is 1. The van der Waals surface area contributed by atoms with Gasteiger partial charge < -0.3 is 19.2 Å². The molecule has 6 nitrogen and oxygen atoms in total. The summed E-state index contributed by atoms with van der Waals surface area (Å²) in [5, 5.41) is 10.5. The van der Waals surface area contributed by atoms with Crippen LogP contribution in [0.4, 0.5) is 0 Å². The standard InChI is InChI=1S/C18H17ClN2O4/c1-2-21(11-12-7-4-3-5-8-12)16(22)17(23)25-18-20-14-10-6-9-13(19)15(14)24-18/h3-10,17,23H,2,11H2,1H3. The molecule has 1 amide bonds. The van der Waals surface area contributed by atoms with Crippen LogP contribution in [0.25, 0.3) is 11.1 Å². The van der Waals surface area contributed by atoms with Crippen LogP contribution < -0.4 is 4.74 Å². The van der Waals surface area contributed by atoms with Crippen molar-refractivity contribution in [2.24, 2.45) is 0 Å². The summed E-state index contributed by atoms with van der Waals surface area (Å²) in [6, 6.07) is 14.6. The van der Waals surface area contributed by atoms with E-state index in [0.29, 0.717) is 29.2 Å². The molecule has 1 aromatic heterocycles. The molecule has 0 aliphatic rings. The molecule has 25 heavy (non-hydrogen) atoms. The third-order valence-electron chi connectivity index (χ3n) is 3.68. The number of likely N-dealkylation sites (N-methyl/N-ethyl adjacent to an activating group) is 1. The number of nitrogens with zero attached hydrogens (tertiary/aromatic N) is 2. The Labute approximate surface area is 149 Å². The Morgan fingerprint density at radius 1 is 1.28 bits per heavy atom. The van der Waals surface area contributed by atoms with Crippen molar-refractivity contribution >= 4 is 28.6 Å². The lowest BCUT2D eigenvalue weighted by molar-refractivity contribution is -0.157. The maximum absolute atomic E-state index is 12.4. The summed E-state index contributed by atoms with van der Waals surface area (Å²) >= 11 is 6.01. The van der Waals surface area contributed by atoms with Crippen molar-refractivity contribution in [3.8, 4) is 6.08 Å². The average molecular weight is 361 g/mol. The number of halogens is 1. The molecule has 1 N–H and O–H groups in total. The monoisotopic (exact) mass is 360 g/mol. The number of ether oxygens (including phenoxy) is 1. The summed E-state index contributed by atoms with van der Waals surface area (Å²) in [5.41, 5.74) is 1.78. The number of carbonyl (C=O) groups is 1. The van der Waals surface area contributed by atoms with Crippen molar-refractivity contribution in [2.45, 2.75) is 19.8 Å². The quantitative estimate of drug-likeness (QED) is 0.683. The van der Waals surface area contributed by atoms with Crippen LogP contribution >= 0.6 is 11.6 Å². The molecular weight excluding hydrogens is 344 g/mol. The van der Waals surface area contributed by atoms with Gasteiger partial charge in [-0.1, -0.05) is 48.0 Å². The summed E-state index contributed by atoms with van der Waals surface area (Å²) in [4.78, 5) is 18.0. The zero-order valence-corrected chi connectivity index (χ0v) is 14.3. The summed E-state index contributed by atoms with van der Waals surface area (Å²) in [6.45, 7) is 2.62. The Bertz CT molecular complexity index is 866. The lowest BCUT2D eigenvalue weighted by Crippen LogP contribution is -2.41. The van der Waals surface area contributed by atoms with Gasteiger partial charge in [-0.3, -0.25) is 4.79 Å². The van der Waals surface area contributed by atoms with E-state index in [9.17, 15) is 9.90 Å². The van der Waals surface area contributed by atoms with Gasteiger partial charge in [0.05, 0.1) is 5.02 Å². The fourth-order valence-electron chi connectivity index (χ4n) is 2.40. The average Bonchev–Trinajstić information content (AvgIpc) is 3.04. The number of aliphatic hydroxyl groups is 1. The third-order valence-corrected chi connectivity index (χ3v) is 3.98. The zero-order chi connectivity index (χ0) is 17.8. The molecule has 3 aromatic rings. The summed E-state index contributed by atoms with van der Waals surface area (Å²) in [6.07, 6.45) is -1.92. The minimum Gasteiger partial charge on any atom is -0.410 e. The van der Waals surface area contributed by atoms with Crippen LogP contribution in [-0.2, 0) is 11.3 Å². The summed E-state index contributed by atoms with van der Waals surface area (Å²) < 4.78 is 10.5. The summed E-state index contributed by atoms with van der Waals surface area (Å²) in [5.74, 6) is -0.570. The van der Waals surface area contributed by atoms with Gasteiger partial charge in [-0.25, -0.2) is 0 Å². The molecule has 1 unspecified atom stereocenters. The van der Waals surface area contributed by atoms with E-state index in [-0.39, 0.29) is 6.08 Å². The van der Waals surface area contributed by atoms with Gasteiger partial charge in [-0.15, -0.1) is 0 Å². The van der Waals surface area contributed by atoms with E-state index in [1.165, 1.54) is 4.90 Å². The van der Waals surface area contributed by atoms with E-state index in [1.807, 2.05) is 37.3 Å². The van der Waals surface area contributed by atoms with Crippen LogP contribution in [0.5, 0.6) is 6.08 Å². The topological polar surface area (TPSA) is 75.8 Å². The van der Waals surface area contributed by atoms with Crippen molar-refractivity contribution < 1.29 is 19.1 Å². The van der Waals surface area contributed by atoms with E-state index in [4.69, 9.17) is 20.8 Å². The Morgan fingerprint density at radius 2 is 2.04 bits per heavy atom. The predicted molar refractivity (Wildman–Crippen MR) is 93.2 cm³/mol. The van der Waals surface area contributed by atoms with Gasteiger partial charge in [0.2, 0.25) is 0 Å². The fraction of sp³-hybridized carbons (Fsp3) is 0.222. The Kier molecular flexibility index (Phi) is 5.21. The first-order chi connectivity index (χ1) is 12.1. The maximum Gasteiger partial charge on any atom is 0.397 e. The number of rotatable bonds is 6. The van der Waals surface area contributed by atoms with Crippen LogP contribution in [0.3, 0.4) is 0 Å². The van der Waals surface area contributed by atoms with Gasteiger partial charge in [0.1, 0.15) is 5.52 Å². The molecule has 3 rings (SSSR count). The SMILES string of the molecule is CCN(Cc1ccccc1)C(=O)C(O)Oc1nc2cccc(Cl)c2o1. The molecule has 0 radical (unpaired) electrons. The highest BCUT2D eigenvalue weighted by atomic mass is 35.5. The Balaban J connectivity index is 1.70. The van der Waals surface area contributed by atoms with Gasteiger partial charge in [0.15, 0.2) is 5.58 Å². The molecule has 0 fully saturated rings. The van der Waals surface area contributed by atoms with Gasteiger partial charge in [-0.05, 0) is 24.6 Å². The zero-order valence-electron chi connectivity index (χ0n) is 13.6. The highest BCUT2D eigenvalue weighted by molar-refractivity contribution is 6.34. The number of aliphatic hydroxyl groups excluding tert-OH is 1. The van der Waals surface area contributed by atoms with Gasteiger partial charge in [0.25, 0.3) is 12.2 Å². The first kappa shape index (κ1) is 17.3. The predicted octanol–water partition coefficient (Wildman–Crippen LogP) is 3.23. The van der Waals surface area contributed by atoms with E-state index in [0.717, 1.165) is 5.56 Å². The number of hydrogen-bond acceptors (Lipinski definition) is 5. The molecular formula is C18H17ClN2O4. The Morgan fingerprint density at radius 3 is 2.72 bits per heavy atom. The van der Waals surface area contributed by atoms with E-state index >= 15 is 0 Å². The molecule has 1 heterocycles. The fourth-order valence-corrected chi connectivity index (χ4v) is 2.61. The van der Waals surface area contributed by atoms with Crippen LogP contribution in [0, 0.1) is 0 Å². The first-order valence-corrected chi connectivity index (χ1v) is 8.18. The minimum atomic E-state index is -1.71. The molecule has 0 spiro atoms. The largest absolute Gasteiger partial charge is 0.410 e. The molecule has 0 aliphatic carbocycles. The van der Waals surface area contributed by atoms with Crippen LogP contribution in [0.1, 0.15) is 12.5 Å². The molecule has 0 saturated carbocycles. The number of aromatic nitrogens is 1. The second kappa shape index (κ2) is 7.55. The summed E-state index contributed by atoms with van der Waals surface area (Å²) in [7, 11) is 0. The maximum atomic E-state index is 12.4. The number of carbonyl (C=O) groups excluding carboxylic acids is 1. The number of hydrogen-bond donors (Lipinski definition) is 1. The minimum absolute atomic E-state index is 0.209. The van der Waals surface area contributed by atoms with Crippen LogP contribution in [0.2, 0.25) is 5.02 Å². The second-order valence-corrected chi connectivity index (χ2v) is 5.78. The molecule has 7 heteroatoms. The smallest absolute Gasteiger partial charge is 0.397 e. The van der Waals surface area contributed by atoms with Crippen LogP contribution in [0.15, 0.2) is 52.9 Å². The first-order valence-electron chi connectivity index (χ1n) is 7.81.